The molecule has 0 atom stereocenters. The summed E-state index contributed by atoms with van der Waals surface area (Å²) in [6.45, 7) is 0.268. The number of thiophene rings is 1. The number of benzene rings is 1. The van der Waals surface area contributed by atoms with Gasteiger partial charge in [-0.25, -0.2) is 10.4 Å². The Balaban J connectivity index is 1.58. The highest BCUT2D eigenvalue weighted by Crippen LogP contribution is 2.24. The lowest BCUT2D eigenvalue weighted by molar-refractivity contribution is -0.123. The van der Waals surface area contributed by atoms with Gasteiger partial charge in [0.25, 0.3) is 5.91 Å². The van der Waals surface area contributed by atoms with E-state index in [2.05, 4.69) is 15.5 Å². The number of imidazole rings is 1. The molecular weight excluding hydrogens is 395 g/mol. The highest BCUT2D eigenvalue weighted by Gasteiger charge is 2.10. The number of nitrogens with zero attached hydrogens (tertiary/aromatic N) is 3. The van der Waals surface area contributed by atoms with Crippen molar-refractivity contribution in [2.45, 2.75) is 6.54 Å². The Bertz CT molecular complexity index is 909. The molecule has 0 fully saturated rings. The van der Waals surface area contributed by atoms with E-state index in [4.69, 9.17) is 27.9 Å². The van der Waals surface area contributed by atoms with Gasteiger partial charge in [0.2, 0.25) is 0 Å². The van der Waals surface area contributed by atoms with Crippen molar-refractivity contribution in [2.24, 2.45) is 5.10 Å². The summed E-state index contributed by atoms with van der Waals surface area (Å²) in [5, 5.41) is 6.42. The lowest BCUT2D eigenvalue weighted by Gasteiger charge is -2.11. The molecule has 9 heteroatoms. The van der Waals surface area contributed by atoms with Gasteiger partial charge in [0.05, 0.1) is 19.1 Å². The zero-order chi connectivity index (χ0) is 18.4. The van der Waals surface area contributed by atoms with Gasteiger partial charge in [0, 0.05) is 10.4 Å². The molecule has 0 radical (unpaired) electrons. The molecular formula is C17H14Cl2N4O2S. The third kappa shape index (κ3) is 4.85. The first-order chi connectivity index (χ1) is 12.6. The van der Waals surface area contributed by atoms with Gasteiger partial charge in [-0.2, -0.15) is 5.10 Å². The summed E-state index contributed by atoms with van der Waals surface area (Å²) in [5.74, 6) is 0.224. The lowest BCUT2D eigenvalue weighted by Crippen LogP contribution is -2.24. The van der Waals surface area contributed by atoms with E-state index in [0.29, 0.717) is 17.4 Å². The summed E-state index contributed by atoms with van der Waals surface area (Å²) in [4.78, 5) is 16.8. The fourth-order valence-corrected chi connectivity index (χ4v) is 3.01. The molecule has 0 aliphatic heterocycles. The second-order valence-electron chi connectivity index (χ2n) is 5.16. The molecule has 0 saturated carbocycles. The van der Waals surface area contributed by atoms with Crippen LogP contribution >= 0.6 is 34.5 Å². The quantitative estimate of drug-likeness (QED) is 0.477. The second-order valence-corrected chi connectivity index (χ2v) is 6.85. The van der Waals surface area contributed by atoms with E-state index in [1.165, 1.54) is 11.3 Å². The summed E-state index contributed by atoms with van der Waals surface area (Å²) in [6, 6.07) is 11.2. The Labute approximate surface area is 164 Å². The van der Waals surface area contributed by atoms with Gasteiger partial charge in [-0.1, -0.05) is 47.5 Å². The molecule has 3 aromatic rings. The molecule has 134 valence electrons. The Hall–Kier alpha value is -2.35. The van der Waals surface area contributed by atoms with Crippen molar-refractivity contribution in [3.63, 3.8) is 0 Å². The van der Waals surface area contributed by atoms with Crippen LogP contribution in [-0.4, -0.2) is 28.3 Å². The zero-order valence-electron chi connectivity index (χ0n) is 13.4. The van der Waals surface area contributed by atoms with Crippen LogP contribution in [0, 0.1) is 0 Å². The van der Waals surface area contributed by atoms with Crippen LogP contribution < -0.4 is 10.2 Å². The molecule has 3 rings (SSSR count). The van der Waals surface area contributed by atoms with Crippen molar-refractivity contribution < 1.29 is 9.53 Å². The second kappa shape index (κ2) is 8.84. The molecule has 2 aromatic heterocycles. The van der Waals surface area contributed by atoms with Crippen LogP contribution in [-0.2, 0) is 11.3 Å². The third-order valence-corrected chi connectivity index (χ3v) is 4.91. The van der Waals surface area contributed by atoms with Crippen molar-refractivity contribution in [2.75, 3.05) is 6.61 Å². The average molecular weight is 409 g/mol. The fraction of sp³-hybridized carbons (Fsp3) is 0.118. The maximum Gasteiger partial charge on any atom is 0.277 e. The molecule has 0 spiro atoms. The standard InChI is InChI=1S/C17H14Cl2N4O2S/c18-16-17(19)23(11-20-16)9-12-4-1-2-6-14(12)25-10-15(24)22-21-8-13-5-3-7-26-13/h1-8,11H,9-10H2,(H,22,24). The van der Waals surface area contributed by atoms with E-state index in [9.17, 15) is 4.79 Å². The van der Waals surface area contributed by atoms with Gasteiger partial charge < -0.3 is 9.30 Å². The number of hydrogen-bond donors (Lipinski definition) is 1. The number of rotatable bonds is 7. The SMILES string of the molecule is O=C(COc1ccccc1Cn1cnc(Cl)c1Cl)NN=Cc1cccs1. The van der Waals surface area contributed by atoms with Crippen molar-refractivity contribution in [1.82, 2.24) is 15.0 Å². The van der Waals surface area contributed by atoms with Gasteiger partial charge in [-0.3, -0.25) is 4.79 Å². The molecule has 1 amide bonds. The van der Waals surface area contributed by atoms with E-state index in [1.807, 2.05) is 35.7 Å². The normalized spacial score (nSPS) is 11.0. The van der Waals surface area contributed by atoms with E-state index < -0.39 is 0 Å². The van der Waals surface area contributed by atoms with Crippen LogP contribution in [0.5, 0.6) is 5.75 Å². The van der Waals surface area contributed by atoms with Gasteiger partial charge in [-0.15, -0.1) is 11.3 Å². The number of ether oxygens (including phenoxy) is 1. The molecule has 0 unspecified atom stereocenters. The Morgan fingerprint density at radius 2 is 2.15 bits per heavy atom. The first-order valence-electron chi connectivity index (χ1n) is 7.55. The van der Waals surface area contributed by atoms with Gasteiger partial charge in [0.1, 0.15) is 10.9 Å². The number of nitrogens with one attached hydrogen (secondary N) is 1. The monoisotopic (exact) mass is 408 g/mol. The Morgan fingerprint density at radius 3 is 2.88 bits per heavy atom. The van der Waals surface area contributed by atoms with Gasteiger partial charge in [-0.05, 0) is 17.5 Å². The van der Waals surface area contributed by atoms with E-state index in [-0.39, 0.29) is 17.7 Å². The molecule has 2 heterocycles. The zero-order valence-corrected chi connectivity index (χ0v) is 15.8. The maximum atomic E-state index is 11.9. The lowest BCUT2D eigenvalue weighted by atomic mass is 10.2. The first kappa shape index (κ1) is 18.4. The predicted octanol–water partition coefficient (Wildman–Crippen LogP) is 3.83. The Kier molecular flexibility index (Phi) is 6.27. The number of carbonyl (C=O) groups excluding carboxylic acids is 1. The highest BCUT2D eigenvalue weighted by atomic mass is 35.5. The molecule has 6 nitrogen and oxygen atoms in total. The summed E-state index contributed by atoms with van der Waals surface area (Å²) in [6.07, 6.45) is 3.13. The summed E-state index contributed by atoms with van der Waals surface area (Å²) >= 11 is 13.5. The number of hydrogen-bond acceptors (Lipinski definition) is 5. The topological polar surface area (TPSA) is 68.5 Å². The minimum atomic E-state index is -0.351. The van der Waals surface area contributed by atoms with Gasteiger partial charge >= 0.3 is 0 Å². The van der Waals surface area contributed by atoms with Crippen LogP contribution in [0.3, 0.4) is 0 Å². The highest BCUT2D eigenvalue weighted by molar-refractivity contribution is 7.11. The van der Waals surface area contributed by atoms with Crippen molar-refractivity contribution in [3.8, 4) is 5.75 Å². The van der Waals surface area contributed by atoms with E-state index >= 15 is 0 Å². The maximum absolute atomic E-state index is 11.9. The van der Waals surface area contributed by atoms with Crippen LogP contribution in [0.1, 0.15) is 10.4 Å². The minimum Gasteiger partial charge on any atom is -0.483 e. The average Bonchev–Trinajstić information content (AvgIpc) is 3.26. The van der Waals surface area contributed by atoms with E-state index in [1.54, 1.807) is 23.2 Å². The smallest absolute Gasteiger partial charge is 0.277 e. The summed E-state index contributed by atoms with van der Waals surface area (Å²) < 4.78 is 7.30. The van der Waals surface area contributed by atoms with Crippen molar-refractivity contribution in [3.05, 3.63) is 68.9 Å². The minimum absolute atomic E-state index is 0.156. The predicted molar refractivity (Wildman–Crippen MR) is 103 cm³/mol. The number of carbonyl (C=O) groups is 1. The summed E-state index contributed by atoms with van der Waals surface area (Å²) in [7, 11) is 0. The number of para-hydroxylation sites is 1. The van der Waals surface area contributed by atoms with E-state index in [0.717, 1.165) is 10.4 Å². The number of amides is 1. The number of hydrazone groups is 1. The number of aromatic nitrogens is 2. The molecule has 26 heavy (non-hydrogen) atoms. The molecule has 1 N–H and O–H groups in total. The largest absolute Gasteiger partial charge is 0.483 e. The molecule has 0 aliphatic carbocycles. The van der Waals surface area contributed by atoms with Gasteiger partial charge in [0.15, 0.2) is 11.8 Å². The van der Waals surface area contributed by atoms with Crippen LogP contribution in [0.25, 0.3) is 0 Å². The number of halogens is 2. The molecule has 0 bridgehead atoms. The molecule has 0 aliphatic rings. The Morgan fingerprint density at radius 1 is 1.31 bits per heavy atom. The van der Waals surface area contributed by atoms with Crippen molar-refractivity contribution >= 4 is 46.7 Å². The van der Waals surface area contributed by atoms with Crippen LogP contribution in [0.4, 0.5) is 0 Å². The fourth-order valence-electron chi connectivity index (χ4n) is 2.12. The van der Waals surface area contributed by atoms with Crippen LogP contribution in [0.2, 0.25) is 10.3 Å². The molecule has 1 aromatic carbocycles. The van der Waals surface area contributed by atoms with Crippen molar-refractivity contribution in [1.29, 1.82) is 0 Å². The molecule has 0 saturated heterocycles. The summed E-state index contributed by atoms with van der Waals surface area (Å²) in [5.41, 5.74) is 3.28. The first-order valence-corrected chi connectivity index (χ1v) is 9.19. The van der Waals surface area contributed by atoms with Crippen LogP contribution in [0.15, 0.2) is 53.2 Å². The third-order valence-electron chi connectivity index (χ3n) is 3.33.